The maximum Gasteiger partial charge on any atom is 0.333 e. The molecule has 30 heavy (non-hydrogen) atoms. The Balaban J connectivity index is 1.91. The number of aromatic nitrogens is 2. The van der Waals surface area contributed by atoms with Gasteiger partial charge in [0.05, 0.1) is 4.90 Å². The molecule has 1 fully saturated rings. The molecule has 1 aromatic carbocycles. The van der Waals surface area contributed by atoms with Crippen LogP contribution in [0.5, 0.6) is 0 Å². The Hall–Kier alpha value is -2.69. The number of allylic oxidation sites excluding steroid dienone is 1. The van der Waals surface area contributed by atoms with Gasteiger partial charge in [0.15, 0.2) is 15.7 Å². The summed E-state index contributed by atoms with van der Waals surface area (Å²) >= 11 is 0. The predicted octanol–water partition coefficient (Wildman–Crippen LogP) is 3.79. The minimum absolute atomic E-state index is 0.0351. The van der Waals surface area contributed by atoms with Gasteiger partial charge in [-0.1, -0.05) is 18.2 Å². The Morgan fingerprint density at radius 2 is 1.77 bits per heavy atom. The summed E-state index contributed by atoms with van der Waals surface area (Å²) in [6.45, 7) is -2.88. The van der Waals surface area contributed by atoms with E-state index in [1.807, 2.05) is 0 Å². The smallest absolute Gasteiger partial charge is 0.305 e. The van der Waals surface area contributed by atoms with Crippen LogP contribution in [-0.4, -0.2) is 42.7 Å². The molecule has 2 aromatic rings. The number of carbonyl (C=O) groups excluding carboxylic acids is 1. The van der Waals surface area contributed by atoms with Crippen LogP contribution in [0.2, 0.25) is 0 Å². The third-order valence-corrected chi connectivity index (χ3v) is 5.87. The summed E-state index contributed by atoms with van der Waals surface area (Å²) in [5.41, 5.74) is 0.346. The van der Waals surface area contributed by atoms with Crippen LogP contribution in [0.25, 0.3) is 5.57 Å². The number of benzene rings is 1. The lowest BCUT2D eigenvalue weighted by molar-refractivity contribution is -0.111. The number of sulfone groups is 1. The summed E-state index contributed by atoms with van der Waals surface area (Å²) in [5.74, 6) is -1.40. The van der Waals surface area contributed by atoms with E-state index in [0.717, 1.165) is 12.5 Å². The van der Waals surface area contributed by atoms with E-state index in [2.05, 4.69) is 10.4 Å². The van der Waals surface area contributed by atoms with E-state index < -0.39 is 40.6 Å². The lowest BCUT2D eigenvalue weighted by Crippen LogP contribution is -2.15. The van der Waals surface area contributed by atoms with Crippen molar-refractivity contribution in [3.63, 3.8) is 0 Å². The zero-order chi connectivity index (χ0) is 22.1. The predicted molar refractivity (Wildman–Crippen MR) is 102 cm³/mol. The summed E-state index contributed by atoms with van der Waals surface area (Å²) in [6, 6.07) is 6.59. The van der Waals surface area contributed by atoms with Crippen molar-refractivity contribution < 1.29 is 30.8 Å². The first-order valence-electron chi connectivity index (χ1n) is 8.99. The maximum absolute atomic E-state index is 13.6. The summed E-state index contributed by atoms with van der Waals surface area (Å²) in [6.07, 6.45) is -0.0238. The molecule has 3 atom stereocenters. The van der Waals surface area contributed by atoms with Crippen LogP contribution in [0.3, 0.4) is 0 Å². The maximum atomic E-state index is 13.6. The molecule has 1 N–H and O–H groups in total. The fourth-order valence-electron chi connectivity index (χ4n) is 3.22. The van der Waals surface area contributed by atoms with E-state index in [1.54, 1.807) is 0 Å². The molecule has 1 heterocycles. The van der Waals surface area contributed by atoms with Crippen LogP contribution in [0, 0.1) is 5.92 Å². The van der Waals surface area contributed by atoms with E-state index in [-0.39, 0.29) is 29.1 Å². The number of nitrogens with one attached hydrogen (secondary N) is 1. The first kappa shape index (κ1) is 22.0. The van der Waals surface area contributed by atoms with Gasteiger partial charge in [0, 0.05) is 24.1 Å². The first-order valence-corrected chi connectivity index (χ1v) is 10.9. The van der Waals surface area contributed by atoms with Crippen LogP contribution in [0.1, 0.15) is 25.0 Å². The van der Waals surface area contributed by atoms with Crippen molar-refractivity contribution in [3.8, 4) is 0 Å². The quantitative estimate of drug-likeness (QED) is 0.542. The Morgan fingerprint density at radius 1 is 1.17 bits per heavy atom. The number of alkyl halides is 4. The molecule has 1 unspecified atom stereocenters. The number of amides is 1. The standard InChI is InChI=1S/C19H19F4N3O3S/c1-30(28,29)13-4-2-12(3-5-13)14(8-11-9-15(20)16(21)10-11)18(27)24-17-6-7-26(25-17)19(22)23/h2-8,11,15-16,19H,9-10H2,1H3,(H,24,25,27)/b14-8+/t11?,15-,16+. The van der Waals surface area contributed by atoms with Crippen molar-refractivity contribution in [3.05, 3.63) is 48.2 Å². The summed E-state index contributed by atoms with van der Waals surface area (Å²) < 4.78 is 76.2. The second-order valence-corrected chi connectivity index (χ2v) is 9.07. The van der Waals surface area contributed by atoms with E-state index >= 15 is 0 Å². The molecule has 0 saturated heterocycles. The second kappa shape index (κ2) is 8.58. The zero-order valence-electron chi connectivity index (χ0n) is 15.8. The minimum atomic E-state index is -3.46. The Labute approximate surface area is 170 Å². The summed E-state index contributed by atoms with van der Waals surface area (Å²) in [7, 11) is -3.46. The van der Waals surface area contributed by atoms with Crippen LogP contribution < -0.4 is 5.32 Å². The summed E-state index contributed by atoms with van der Waals surface area (Å²) in [5, 5.41) is 5.92. The van der Waals surface area contributed by atoms with Crippen molar-refractivity contribution in [2.75, 3.05) is 11.6 Å². The molecule has 1 aliphatic rings. The largest absolute Gasteiger partial charge is 0.333 e. The van der Waals surface area contributed by atoms with Gasteiger partial charge in [0.2, 0.25) is 0 Å². The number of anilines is 1. The van der Waals surface area contributed by atoms with E-state index in [9.17, 15) is 30.8 Å². The molecule has 3 rings (SSSR count). The van der Waals surface area contributed by atoms with E-state index in [1.165, 1.54) is 36.4 Å². The second-order valence-electron chi connectivity index (χ2n) is 7.05. The van der Waals surface area contributed by atoms with E-state index in [0.29, 0.717) is 10.2 Å². The van der Waals surface area contributed by atoms with Crippen LogP contribution in [0.4, 0.5) is 23.4 Å². The number of hydrogen-bond acceptors (Lipinski definition) is 4. The molecule has 0 spiro atoms. The molecule has 1 aromatic heterocycles. The normalized spacial score (nSPS) is 22.5. The van der Waals surface area contributed by atoms with E-state index in [4.69, 9.17) is 0 Å². The van der Waals surface area contributed by atoms with Crippen molar-refractivity contribution in [2.24, 2.45) is 5.92 Å². The summed E-state index contributed by atoms with van der Waals surface area (Å²) in [4.78, 5) is 12.8. The number of carbonyl (C=O) groups is 1. The van der Waals surface area contributed by atoms with Gasteiger partial charge in [-0.2, -0.15) is 13.9 Å². The lowest BCUT2D eigenvalue weighted by Gasteiger charge is -2.11. The Kier molecular flexibility index (Phi) is 6.30. The van der Waals surface area contributed by atoms with Gasteiger partial charge in [-0.3, -0.25) is 4.79 Å². The van der Waals surface area contributed by atoms with Gasteiger partial charge in [0.25, 0.3) is 5.91 Å². The van der Waals surface area contributed by atoms with Crippen LogP contribution in [0.15, 0.2) is 47.5 Å². The fraction of sp³-hybridized carbons (Fsp3) is 0.368. The SMILES string of the molecule is CS(=O)(=O)c1ccc(/C(=C\C2C[C@@H](F)[C@@H](F)C2)C(=O)Nc2ccn(C(F)F)n2)cc1. The average molecular weight is 445 g/mol. The number of hydrogen-bond donors (Lipinski definition) is 1. The van der Waals surface area contributed by atoms with Crippen LogP contribution in [-0.2, 0) is 14.6 Å². The van der Waals surface area contributed by atoms with Gasteiger partial charge in [0.1, 0.15) is 12.3 Å². The first-order chi connectivity index (χ1) is 14.0. The van der Waals surface area contributed by atoms with Crippen molar-refractivity contribution in [1.82, 2.24) is 9.78 Å². The molecular weight excluding hydrogens is 426 g/mol. The molecular formula is C19H19F4N3O3S. The van der Waals surface area contributed by atoms with Gasteiger partial charge in [-0.05, 0) is 36.5 Å². The van der Waals surface area contributed by atoms with Gasteiger partial charge in [-0.15, -0.1) is 0 Å². The minimum Gasteiger partial charge on any atom is -0.305 e. The highest BCUT2D eigenvalue weighted by molar-refractivity contribution is 7.90. The molecule has 0 aliphatic heterocycles. The monoisotopic (exact) mass is 445 g/mol. The number of nitrogens with zero attached hydrogens (tertiary/aromatic N) is 2. The number of rotatable bonds is 6. The van der Waals surface area contributed by atoms with Crippen molar-refractivity contribution in [1.29, 1.82) is 0 Å². The van der Waals surface area contributed by atoms with Crippen LogP contribution >= 0.6 is 0 Å². The molecule has 162 valence electrons. The average Bonchev–Trinajstić information content (AvgIpc) is 3.25. The lowest BCUT2D eigenvalue weighted by atomic mass is 9.98. The molecule has 6 nitrogen and oxygen atoms in total. The van der Waals surface area contributed by atoms with Crippen molar-refractivity contribution >= 4 is 27.1 Å². The topological polar surface area (TPSA) is 81.1 Å². The molecule has 1 aliphatic carbocycles. The van der Waals surface area contributed by atoms with Crippen molar-refractivity contribution in [2.45, 2.75) is 36.6 Å². The van der Waals surface area contributed by atoms with Gasteiger partial charge >= 0.3 is 6.55 Å². The molecule has 1 amide bonds. The Bertz CT molecular complexity index is 1040. The fourth-order valence-corrected chi connectivity index (χ4v) is 3.85. The van der Waals surface area contributed by atoms with Gasteiger partial charge < -0.3 is 5.32 Å². The molecule has 0 bridgehead atoms. The molecule has 0 radical (unpaired) electrons. The highest BCUT2D eigenvalue weighted by Crippen LogP contribution is 2.34. The highest BCUT2D eigenvalue weighted by Gasteiger charge is 2.34. The zero-order valence-corrected chi connectivity index (χ0v) is 16.6. The van der Waals surface area contributed by atoms with Gasteiger partial charge in [-0.25, -0.2) is 21.9 Å². The number of halogens is 4. The Morgan fingerprint density at radius 3 is 2.27 bits per heavy atom. The third kappa shape index (κ3) is 5.07. The third-order valence-electron chi connectivity index (χ3n) is 4.74. The highest BCUT2D eigenvalue weighted by atomic mass is 32.2. The molecule has 1 saturated carbocycles. The molecule has 11 heteroatoms.